The van der Waals surface area contributed by atoms with Crippen LogP contribution < -0.4 is 5.32 Å². The van der Waals surface area contributed by atoms with Gasteiger partial charge in [0, 0.05) is 18.1 Å². The second-order valence-electron chi connectivity index (χ2n) is 8.46. The highest BCUT2D eigenvalue weighted by atomic mass is 31.2. The van der Waals surface area contributed by atoms with E-state index in [-0.39, 0.29) is 6.16 Å². The van der Waals surface area contributed by atoms with Crippen molar-refractivity contribution in [2.24, 2.45) is 0 Å². The molecule has 3 aromatic rings. The van der Waals surface area contributed by atoms with E-state index in [9.17, 15) is 4.57 Å². The fraction of sp³-hybridized carbons (Fsp3) is 0.423. The standard InChI is InChI=1S/C26H35N2O3P/c29-32(30,31)20-10-18-27-21-24-17-16-23(25-15-9-19-28-26(24)25)14-8-3-1-2-5-11-22-12-6-4-7-13-22/h4,6-7,9,12-13,15-17,19,27H,1-3,5,8,10-11,14,18,20-21H2,(H2,29,30,31). The monoisotopic (exact) mass is 454 g/mol. The lowest BCUT2D eigenvalue weighted by atomic mass is 9.98. The molecule has 0 amide bonds. The van der Waals surface area contributed by atoms with E-state index >= 15 is 0 Å². The minimum atomic E-state index is -3.91. The van der Waals surface area contributed by atoms with Crippen LogP contribution >= 0.6 is 7.60 Å². The van der Waals surface area contributed by atoms with Crippen molar-refractivity contribution in [3.05, 3.63) is 77.5 Å². The maximum Gasteiger partial charge on any atom is 0.325 e. The summed E-state index contributed by atoms with van der Waals surface area (Å²) in [5, 5.41) is 4.50. The second kappa shape index (κ2) is 12.9. The molecule has 0 saturated carbocycles. The summed E-state index contributed by atoms with van der Waals surface area (Å²) in [6, 6.07) is 19.2. The van der Waals surface area contributed by atoms with Gasteiger partial charge in [-0.15, -0.1) is 0 Å². The molecule has 0 fully saturated rings. The molecule has 0 aliphatic heterocycles. The number of aryl methyl sites for hydroxylation is 2. The first-order valence-corrected chi connectivity index (χ1v) is 13.5. The van der Waals surface area contributed by atoms with Gasteiger partial charge in [0.15, 0.2) is 0 Å². The third-order valence-electron chi connectivity index (χ3n) is 5.82. The quantitative estimate of drug-likeness (QED) is 0.217. The average Bonchev–Trinajstić information content (AvgIpc) is 2.79. The van der Waals surface area contributed by atoms with Crippen molar-refractivity contribution in [3.8, 4) is 0 Å². The predicted octanol–water partition coefficient (Wildman–Crippen LogP) is 5.63. The first kappa shape index (κ1) is 24.6. The SMILES string of the molecule is O=P(O)(O)CCCNCc1ccc(CCCCCCCc2ccccc2)c2cccnc12. The summed E-state index contributed by atoms with van der Waals surface area (Å²) in [5.74, 6) is 0. The van der Waals surface area contributed by atoms with Gasteiger partial charge in [-0.2, -0.15) is 0 Å². The zero-order valence-electron chi connectivity index (χ0n) is 18.7. The third kappa shape index (κ3) is 8.48. The largest absolute Gasteiger partial charge is 0.325 e. The number of hydrogen-bond acceptors (Lipinski definition) is 3. The lowest BCUT2D eigenvalue weighted by Crippen LogP contribution is -2.16. The average molecular weight is 455 g/mol. The summed E-state index contributed by atoms with van der Waals surface area (Å²) in [6.45, 7) is 1.22. The lowest BCUT2D eigenvalue weighted by molar-refractivity contribution is 0.371. The Morgan fingerprint density at radius 1 is 0.781 bits per heavy atom. The smallest absolute Gasteiger partial charge is 0.324 e. The number of unbranched alkanes of at least 4 members (excludes halogenated alkanes) is 4. The van der Waals surface area contributed by atoms with E-state index in [0.717, 1.165) is 17.5 Å². The minimum absolute atomic E-state index is 0.0792. The molecule has 32 heavy (non-hydrogen) atoms. The molecule has 6 heteroatoms. The summed E-state index contributed by atoms with van der Waals surface area (Å²) in [7, 11) is -3.91. The summed E-state index contributed by atoms with van der Waals surface area (Å²) in [4.78, 5) is 22.5. The normalized spacial score (nSPS) is 11.8. The number of fused-ring (bicyclic) bond motifs is 1. The molecule has 3 N–H and O–H groups in total. The molecule has 5 nitrogen and oxygen atoms in total. The van der Waals surface area contributed by atoms with Gasteiger partial charge in [-0.05, 0) is 61.4 Å². The molecule has 1 heterocycles. The maximum atomic E-state index is 11.0. The third-order valence-corrected chi connectivity index (χ3v) is 6.72. The summed E-state index contributed by atoms with van der Waals surface area (Å²) in [5.41, 5.74) is 4.93. The molecule has 0 aliphatic carbocycles. The van der Waals surface area contributed by atoms with Crippen LogP contribution in [-0.2, 0) is 24.0 Å². The van der Waals surface area contributed by atoms with Crippen molar-refractivity contribution >= 4 is 18.5 Å². The van der Waals surface area contributed by atoms with Crippen LogP contribution in [0.15, 0.2) is 60.8 Å². The topological polar surface area (TPSA) is 82.5 Å². The van der Waals surface area contributed by atoms with Crippen molar-refractivity contribution in [2.75, 3.05) is 12.7 Å². The van der Waals surface area contributed by atoms with Crippen LogP contribution in [0.4, 0.5) is 0 Å². The van der Waals surface area contributed by atoms with Gasteiger partial charge >= 0.3 is 7.60 Å². The fourth-order valence-electron chi connectivity index (χ4n) is 4.10. The molecule has 0 atom stereocenters. The van der Waals surface area contributed by atoms with Crippen molar-refractivity contribution in [2.45, 2.75) is 57.9 Å². The van der Waals surface area contributed by atoms with Crippen molar-refractivity contribution < 1.29 is 14.4 Å². The van der Waals surface area contributed by atoms with Gasteiger partial charge in [0.25, 0.3) is 0 Å². The van der Waals surface area contributed by atoms with Crippen molar-refractivity contribution in [1.29, 1.82) is 0 Å². The van der Waals surface area contributed by atoms with E-state index in [2.05, 4.69) is 58.8 Å². The highest BCUT2D eigenvalue weighted by Gasteiger charge is 2.11. The summed E-state index contributed by atoms with van der Waals surface area (Å²) < 4.78 is 11.0. The molecule has 2 aromatic carbocycles. The van der Waals surface area contributed by atoms with E-state index < -0.39 is 7.60 Å². The van der Waals surface area contributed by atoms with Gasteiger partial charge in [-0.3, -0.25) is 9.55 Å². The van der Waals surface area contributed by atoms with Crippen LogP contribution in [0.3, 0.4) is 0 Å². The lowest BCUT2D eigenvalue weighted by Gasteiger charge is -2.12. The van der Waals surface area contributed by atoms with Crippen LogP contribution in [0.2, 0.25) is 0 Å². The number of rotatable bonds is 14. The Bertz CT molecular complexity index is 1000. The molecule has 1 aromatic heterocycles. The van der Waals surface area contributed by atoms with Crippen LogP contribution in [0, 0.1) is 0 Å². The Kier molecular flexibility index (Phi) is 9.89. The second-order valence-corrected chi connectivity index (χ2v) is 10.2. The summed E-state index contributed by atoms with van der Waals surface area (Å²) in [6.07, 6.45) is 10.7. The first-order valence-electron chi connectivity index (χ1n) is 11.7. The molecule has 0 radical (unpaired) electrons. The Labute approximate surface area is 191 Å². The van der Waals surface area contributed by atoms with Gasteiger partial charge < -0.3 is 15.1 Å². The Balaban J connectivity index is 1.42. The van der Waals surface area contributed by atoms with E-state index in [4.69, 9.17) is 9.79 Å². The van der Waals surface area contributed by atoms with Crippen molar-refractivity contribution in [3.63, 3.8) is 0 Å². The van der Waals surface area contributed by atoms with Crippen LogP contribution in [-0.4, -0.2) is 27.5 Å². The Hall–Kier alpha value is -2.04. The van der Waals surface area contributed by atoms with E-state index in [1.807, 2.05) is 12.3 Å². The molecule has 0 unspecified atom stereocenters. The molecular formula is C26H35N2O3P. The zero-order valence-corrected chi connectivity index (χ0v) is 19.6. The van der Waals surface area contributed by atoms with Crippen LogP contribution in [0.5, 0.6) is 0 Å². The van der Waals surface area contributed by atoms with Gasteiger partial charge in [0.2, 0.25) is 0 Å². The highest BCUT2D eigenvalue weighted by Crippen LogP contribution is 2.34. The van der Waals surface area contributed by atoms with Gasteiger partial charge in [0.1, 0.15) is 0 Å². The van der Waals surface area contributed by atoms with Gasteiger partial charge in [0.05, 0.1) is 11.7 Å². The first-order chi connectivity index (χ1) is 15.5. The fourth-order valence-corrected chi connectivity index (χ4v) is 4.67. The molecule has 0 spiro atoms. The number of nitrogens with zero attached hydrogens (tertiary/aromatic N) is 1. The Morgan fingerprint density at radius 3 is 2.28 bits per heavy atom. The predicted molar refractivity (Wildman–Crippen MR) is 132 cm³/mol. The molecule has 3 rings (SSSR count). The zero-order chi connectivity index (χ0) is 22.7. The molecule has 0 aliphatic rings. The molecular weight excluding hydrogens is 419 g/mol. The van der Waals surface area contributed by atoms with Gasteiger partial charge in [-0.25, -0.2) is 0 Å². The molecule has 0 bridgehead atoms. The minimum Gasteiger partial charge on any atom is -0.324 e. The number of aromatic nitrogens is 1. The van der Waals surface area contributed by atoms with Crippen LogP contribution in [0.1, 0.15) is 55.2 Å². The maximum absolute atomic E-state index is 11.0. The Morgan fingerprint density at radius 2 is 1.50 bits per heavy atom. The van der Waals surface area contributed by atoms with Crippen LogP contribution in [0.25, 0.3) is 10.9 Å². The summed E-state index contributed by atoms with van der Waals surface area (Å²) >= 11 is 0. The van der Waals surface area contributed by atoms with E-state index in [1.165, 1.54) is 55.0 Å². The van der Waals surface area contributed by atoms with E-state index in [1.54, 1.807) is 0 Å². The number of hydrogen-bond donors (Lipinski definition) is 3. The van der Waals surface area contributed by atoms with Crippen molar-refractivity contribution in [1.82, 2.24) is 10.3 Å². The van der Waals surface area contributed by atoms with Gasteiger partial charge in [-0.1, -0.05) is 67.8 Å². The molecule has 0 saturated heterocycles. The number of nitrogens with one attached hydrogen (secondary N) is 1. The molecule has 172 valence electrons. The number of benzene rings is 2. The number of pyridine rings is 1. The van der Waals surface area contributed by atoms with E-state index in [0.29, 0.717) is 19.5 Å². The highest BCUT2D eigenvalue weighted by molar-refractivity contribution is 7.51.